The maximum Gasteiger partial charge on any atom is 0.251 e. The number of aryl methyl sites for hydroxylation is 1. The van der Waals surface area contributed by atoms with Crippen LogP contribution in [-0.4, -0.2) is 19.1 Å². The van der Waals surface area contributed by atoms with Gasteiger partial charge in [0.25, 0.3) is 5.91 Å². The molecule has 0 bridgehead atoms. The van der Waals surface area contributed by atoms with Crippen LogP contribution in [0.25, 0.3) is 0 Å². The highest BCUT2D eigenvalue weighted by Crippen LogP contribution is 2.24. The molecule has 30 heavy (non-hydrogen) atoms. The van der Waals surface area contributed by atoms with Crippen LogP contribution in [0.4, 0.5) is 0 Å². The molecule has 0 saturated carbocycles. The molecule has 3 rings (SSSR count). The van der Waals surface area contributed by atoms with Gasteiger partial charge in [0.2, 0.25) is 0 Å². The van der Waals surface area contributed by atoms with Crippen LogP contribution in [0.3, 0.4) is 0 Å². The van der Waals surface area contributed by atoms with Crippen molar-refractivity contribution in [2.45, 2.75) is 32.4 Å². The lowest BCUT2D eigenvalue weighted by atomic mass is 10.1. The van der Waals surface area contributed by atoms with Gasteiger partial charge in [-0.05, 0) is 61.7 Å². The summed E-state index contributed by atoms with van der Waals surface area (Å²) in [7, 11) is 1.60. The van der Waals surface area contributed by atoms with Gasteiger partial charge >= 0.3 is 0 Å². The number of amides is 1. The lowest BCUT2D eigenvalue weighted by Gasteiger charge is -2.16. The Hall–Kier alpha value is -2.98. The molecule has 3 aromatic carbocycles. The first-order chi connectivity index (χ1) is 14.5. The van der Waals surface area contributed by atoms with Crippen LogP contribution < -0.4 is 14.8 Å². The molecule has 1 atom stereocenters. The van der Waals surface area contributed by atoms with Crippen molar-refractivity contribution in [1.82, 2.24) is 5.32 Å². The molecule has 156 valence electrons. The fraction of sp³-hybridized carbons (Fsp3) is 0.240. The van der Waals surface area contributed by atoms with Gasteiger partial charge in [-0.1, -0.05) is 48.0 Å². The molecular weight excluding hydrogens is 398 g/mol. The summed E-state index contributed by atoms with van der Waals surface area (Å²) in [4.78, 5) is 12.7. The molecule has 0 fully saturated rings. The van der Waals surface area contributed by atoms with Crippen LogP contribution in [0.15, 0.2) is 72.8 Å². The molecule has 0 aliphatic carbocycles. The van der Waals surface area contributed by atoms with Crippen molar-refractivity contribution in [1.29, 1.82) is 0 Å². The van der Waals surface area contributed by atoms with Crippen molar-refractivity contribution in [3.8, 4) is 11.5 Å². The van der Waals surface area contributed by atoms with E-state index >= 15 is 0 Å². The van der Waals surface area contributed by atoms with Crippen molar-refractivity contribution in [3.63, 3.8) is 0 Å². The summed E-state index contributed by atoms with van der Waals surface area (Å²) >= 11 is 6.01. The molecule has 0 aliphatic heterocycles. The number of hydrogen-bond donors (Lipinski definition) is 1. The summed E-state index contributed by atoms with van der Waals surface area (Å²) < 4.78 is 11.2. The SMILES string of the molecule is COc1ccc(C(=O)N[C@H](C)CCc2ccccc2)cc1COc1cccc(Cl)c1. The molecule has 0 unspecified atom stereocenters. The van der Waals surface area contributed by atoms with Gasteiger partial charge in [-0.3, -0.25) is 4.79 Å². The van der Waals surface area contributed by atoms with Crippen LogP contribution in [0.2, 0.25) is 5.02 Å². The maximum absolute atomic E-state index is 12.7. The first-order valence-corrected chi connectivity index (χ1v) is 10.3. The first kappa shape index (κ1) is 21.7. The number of benzene rings is 3. The normalized spacial score (nSPS) is 11.6. The molecular formula is C25H26ClNO3. The van der Waals surface area contributed by atoms with Crippen LogP contribution in [-0.2, 0) is 13.0 Å². The van der Waals surface area contributed by atoms with Crippen LogP contribution in [0.1, 0.15) is 34.8 Å². The Bertz CT molecular complexity index is 975. The Kier molecular flexibility index (Phi) is 7.75. The van der Waals surface area contributed by atoms with Gasteiger partial charge < -0.3 is 14.8 Å². The Morgan fingerprint density at radius 2 is 1.83 bits per heavy atom. The van der Waals surface area contributed by atoms with Gasteiger partial charge in [-0.25, -0.2) is 0 Å². The highest BCUT2D eigenvalue weighted by Gasteiger charge is 2.13. The second-order valence-electron chi connectivity index (χ2n) is 7.17. The number of nitrogens with one attached hydrogen (secondary N) is 1. The van der Waals surface area contributed by atoms with Crippen molar-refractivity contribution in [3.05, 3.63) is 94.5 Å². The number of carbonyl (C=O) groups is 1. The van der Waals surface area contributed by atoms with Gasteiger partial charge in [0.05, 0.1) is 7.11 Å². The average molecular weight is 424 g/mol. The zero-order valence-electron chi connectivity index (χ0n) is 17.2. The Morgan fingerprint density at radius 3 is 2.57 bits per heavy atom. The minimum absolute atomic E-state index is 0.0611. The standard InChI is InChI=1S/C25H26ClNO3/c1-18(11-12-19-7-4-3-5-8-19)27-25(28)20-13-14-24(29-2)21(15-20)17-30-23-10-6-9-22(26)16-23/h3-10,13-16,18H,11-12,17H2,1-2H3,(H,27,28)/t18-/m1/s1. The van der Waals surface area contributed by atoms with E-state index in [0.29, 0.717) is 22.1 Å². The predicted octanol–water partition coefficient (Wildman–Crippen LogP) is 5.68. The molecule has 5 heteroatoms. The van der Waals surface area contributed by atoms with E-state index in [1.165, 1.54) is 5.56 Å². The second-order valence-corrected chi connectivity index (χ2v) is 7.61. The lowest BCUT2D eigenvalue weighted by molar-refractivity contribution is 0.0938. The van der Waals surface area contributed by atoms with Crippen molar-refractivity contribution < 1.29 is 14.3 Å². The summed E-state index contributed by atoms with van der Waals surface area (Å²) in [5.41, 5.74) is 2.64. The molecule has 1 N–H and O–H groups in total. The number of ether oxygens (including phenoxy) is 2. The average Bonchev–Trinajstić information content (AvgIpc) is 2.77. The minimum atomic E-state index is -0.109. The summed E-state index contributed by atoms with van der Waals surface area (Å²) in [6.45, 7) is 2.29. The fourth-order valence-corrected chi connectivity index (χ4v) is 3.34. The third kappa shape index (κ3) is 6.26. The highest BCUT2D eigenvalue weighted by molar-refractivity contribution is 6.30. The molecule has 3 aromatic rings. The van der Waals surface area contributed by atoms with E-state index in [4.69, 9.17) is 21.1 Å². The third-order valence-corrected chi connectivity index (χ3v) is 5.05. The number of carbonyl (C=O) groups excluding carboxylic acids is 1. The van der Waals surface area contributed by atoms with E-state index < -0.39 is 0 Å². The van der Waals surface area contributed by atoms with E-state index in [1.54, 1.807) is 31.4 Å². The number of methoxy groups -OCH3 is 1. The first-order valence-electron chi connectivity index (χ1n) is 9.95. The van der Waals surface area contributed by atoms with E-state index in [-0.39, 0.29) is 18.6 Å². The van der Waals surface area contributed by atoms with Crippen molar-refractivity contribution >= 4 is 17.5 Å². The number of hydrogen-bond acceptors (Lipinski definition) is 3. The zero-order chi connectivity index (χ0) is 21.3. The topological polar surface area (TPSA) is 47.6 Å². The monoisotopic (exact) mass is 423 g/mol. The van der Waals surface area contributed by atoms with Crippen molar-refractivity contribution in [2.75, 3.05) is 7.11 Å². The zero-order valence-corrected chi connectivity index (χ0v) is 18.0. The Labute approximate surface area is 182 Å². The largest absolute Gasteiger partial charge is 0.496 e. The summed E-state index contributed by atoms with van der Waals surface area (Å²) in [5.74, 6) is 1.22. The van der Waals surface area contributed by atoms with Gasteiger partial charge in [0.15, 0.2) is 0 Å². The number of rotatable bonds is 9. The van der Waals surface area contributed by atoms with Gasteiger partial charge in [-0.15, -0.1) is 0 Å². The maximum atomic E-state index is 12.7. The smallest absolute Gasteiger partial charge is 0.251 e. The summed E-state index contributed by atoms with van der Waals surface area (Å²) in [6, 6.07) is 22.9. The lowest BCUT2D eigenvalue weighted by Crippen LogP contribution is -2.33. The van der Waals surface area contributed by atoms with Crippen molar-refractivity contribution in [2.24, 2.45) is 0 Å². The van der Waals surface area contributed by atoms with Gasteiger partial charge in [-0.2, -0.15) is 0 Å². The van der Waals surface area contributed by atoms with Gasteiger partial charge in [0, 0.05) is 22.2 Å². The quantitative estimate of drug-likeness (QED) is 0.481. The van der Waals surface area contributed by atoms with E-state index in [9.17, 15) is 4.79 Å². The van der Waals surface area contributed by atoms with Crippen LogP contribution in [0, 0.1) is 0 Å². The van der Waals surface area contributed by atoms with Crippen LogP contribution >= 0.6 is 11.6 Å². The molecule has 4 nitrogen and oxygen atoms in total. The molecule has 0 saturated heterocycles. The molecule has 0 aliphatic rings. The van der Waals surface area contributed by atoms with Crippen LogP contribution in [0.5, 0.6) is 11.5 Å². The third-order valence-electron chi connectivity index (χ3n) is 4.82. The van der Waals surface area contributed by atoms with Gasteiger partial charge in [0.1, 0.15) is 18.1 Å². The summed E-state index contributed by atoms with van der Waals surface area (Å²) in [5, 5.41) is 3.68. The fourth-order valence-electron chi connectivity index (χ4n) is 3.16. The Morgan fingerprint density at radius 1 is 1.03 bits per heavy atom. The Balaban J connectivity index is 1.61. The molecule has 1 amide bonds. The van der Waals surface area contributed by atoms with E-state index in [1.807, 2.05) is 43.3 Å². The van der Waals surface area contributed by atoms with E-state index in [2.05, 4.69) is 17.4 Å². The number of halogens is 1. The predicted molar refractivity (Wildman–Crippen MR) is 120 cm³/mol. The second kappa shape index (κ2) is 10.7. The molecule has 0 spiro atoms. The summed E-state index contributed by atoms with van der Waals surface area (Å²) in [6.07, 6.45) is 1.79. The van der Waals surface area contributed by atoms with E-state index in [0.717, 1.165) is 18.4 Å². The molecule has 0 aromatic heterocycles. The molecule has 0 radical (unpaired) electrons. The minimum Gasteiger partial charge on any atom is -0.496 e. The highest BCUT2D eigenvalue weighted by atomic mass is 35.5. The molecule has 0 heterocycles.